The first kappa shape index (κ1) is 19.4. The molecule has 0 radical (unpaired) electrons. The molecule has 0 heterocycles. The lowest BCUT2D eigenvalue weighted by atomic mass is 10.1. The topological polar surface area (TPSA) is 29.1 Å². The summed E-state index contributed by atoms with van der Waals surface area (Å²) in [5.74, 6) is 1.97. The van der Waals surface area contributed by atoms with Crippen LogP contribution in [0.15, 0.2) is 53.4 Å². The summed E-state index contributed by atoms with van der Waals surface area (Å²) in [6.07, 6.45) is 5.44. The summed E-state index contributed by atoms with van der Waals surface area (Å²) in [5.41, 5.74) is 3.27. The van der Waals surface area contributed by atoms with Crippen LogP contribution >= 0.6 is 23.5 Å². The summed E-state index contributed by atoms with van der Waals surface area (Å²) in [6, 6.07) is 16.6. The fourth-order valence-corrected chi connectivity index (χ4v) is 5.17. The summed E-state index contributed by atoms with van der Waals surface area (Å²) in [7, 11) is 0. The Bertz CT molecular complexity index is 691. The van der Waals surface area contributed by atoms with Gasteiger partial charge in [0.2, 0.25) is 0 Å². The fourth-order valence-electron chi connectivity index (χ4n) is 3.10. The maximum atomic E-state index is 12.2. The number of amides is 1. The Kier molecular flexibility index (Phi) is 7.51. The highest BCUT2D eigenvalue weighted by molar-refractivity contribution is 7.99. The van der Waals surface area contributed by atoms with Crippen LogP contribution in [0.2, 0.25) is 0 Å². The molecule has 1 N–H and O–H groups in total. The average Bonchev–Trinajstić information content (AvgIpc) is 3.18. The SMILES string of the molecule is Cc1ccc(SCc2ccc(C(=O)NCCSC3CCCC3)cc2)cc1. The number of hydrogen-bond donors (Lipinski definition) is 1. The van der Waals surface area contributed by atoms with Crippen LogP contribution in [0, 0.1) is 6.92 Å². The van der Waals surface area contributed by atoms with E-state index in [0.29, 0.717) is 0 Å². The lowest BCUT2D eigenvalue weighted by Crippen LogP contribution is -2.26. The van der Waals surface area contributed by atoms with Crippen molar-refractivity contribution < 1.29 is 4.79 Å². The molecule has 1 fully saturated rings. The molecule has 2 nitrogen and oxygen atoms in total. The molecule has 0 atom stereocenters. The highest BCUT2D eigenvalue weighted by atomic mass is 32.2. The van der Waals surface area contributed by atoms with Crippen LogP contribution in [0.25, 0.3) is 0 Å². The molecule has 0 aromatic heterocycles. The fraction of sp³-hybridized carbons (Fsp3) is 0.409. The van der Waals surface area contributed by atoms with Crippen LogP contribution in [0.1, 0.15) is 47.2 Å². The number of carbonyl (C=O) groups excluding carboxylic acids is 1. The Labute approximate surface area is 165 Å². The lowest BCUT2D eigenvalue weighted by Gasteiger charge is -2.09. The van der Waals surface area contributed by atoms with Crippen molar-refractivity contribution in [2.75, 3.05) is 12.3 Å². The van der Waals surface area contributed by atoms with Gasteiger partial charge < -0.3 is 5.32 Å². The van der Waals surface area contributed by atoms with E-state index in [9.17, 15) is 4.79 Å². The molecule has 138 valence electrons. The third-order valence-electron chi connectivity index (χ3n) is 4.69. The van der Waals surface area contributed by atoms with Gasteiger partial charge >= 0.3 is 0 Å². The molecule has 1 aliphatic rings. The number of nitrogens with one attached hydrogen (secondary N) is 1. The zero-order valence-electron chi connectivity index (χ0n) is 15.4. The van der Waals surface area contributed by atoms with Gasteiger partial charge in [-0.3, -0.25) is 4.79 Å². The minimum atomic E-state index is 0.0368. The molecule has 3 rings (SSSR count). The van der Waals surface area contributed by atoms with Crippen LogP contribution in [0.4, 0.5) is 0 Å². The zero-order valence-corrected chi connectivity index (χ0v) is 17.0. The maximum absolute atomic E-state index is 12.2. The molecule has 1 aliphatic carbocycles. The number of hydrogen-bond acceptors (Lipinski definition) is 3. The van der Waals surface area contributed by atoms with Gasteiger partial charge in [0.25, 0.3) is 5.91 Å². The van der Waals surface area contributed by atoms with Crippen molar-refractivity contribution in [2.24, 2.45) is 0 Å². The number of aryl methyl sites for hydroxylation is 1. The number of carbonyl (C=O) groups is 1. The molecule has 26 heavy (non-hydrogen) atoms. The zero-order chi connectivity index (χ0) is 18.2. The van der Waals surface area contributed by atoms with Gasteiger partial charge in [0.05, 0.1) is 0 Å². The van der Waals surface area contributed by atoms with Crippen molar-refractivity contribution in [1.29, 1.82) is 0 Å². The summed E-state index contributed by atoms with van der Waals surface area (Å²) >= 11 is 3.83. The molecule has 0 saturated heterocycles. The van der Waals surface area contributed by atoms with Crippen LogP contribution in [0.3, 0.4) is 0 Å². The predicted molar refractivity (Wildman–Crippen MR) is 114 cm³/mol. The van der Waals surface area contributed by atoms with Crippen LogP contribution in [0.5, 0.6) is 0 Å². The standard InChI is InChI=1S/C22H27NOS2/c1-17-6-12-21(13-7-17)26-16-18-8-10-19(11-9-18)22(24)23-14-15-25-20-4-2-3-5-20/h6-13,20H,2-5,14-16H2,1H3,(H,23,24). The van der Waals surface area contributed by atoms with Crippen molar-refractivity contribution in [3.05, 3.63) is 65.2 Å². The first-order valence-corrected chi connectivity index (χ1v) is 11.4. The van der Waals surface area contributed by atoms with Crippen LogP contribution < -0.4 is 5.32 Å². The van der Waals surface area contributed by atoms with Gasteiger partial charge in [-0.05, 0) is 49.6 Å². The van der Waals surface area contributed by atoms with E-state index in [-0.39, 0.29) is 5.91 Å². The summed E-state index contributed by atoms with van der Waals surface area (Å²) in [4.78, 5) is 13.5. The van der Waals surface area contributed by atoms with Crippen molar-refractivity contribution >= 4 is 29.4 Å². The highest BCUT2D eigenvalue weighted by Crippen LogP contribution is 2.29. The van der Waals surface area contributed by atoms with E-state index in [2.05, 4.69) is 48.6 Å². The van der Waals surface area contributed by atoms with Gasteiger partial charge in [0.1, 0.15) is 0 Å². The van der Waals surface area contributed by atoms with E-state index < -0.39 is 0 Å². The average molecular weight is 386 g/mol. The van der Waals surface area contributed by atoms with Gasteiger partial charge in [-0.15, -0.1) is 11.8 Å². The minimum Gasteiger partial charge on any atom is -0.351 e. The normalized spacial score (nSPS) is 14.5. The van der Waals surface area contributed by atoms with Gasteiger partial charge in [-0.2, -0.15) is 11.8 Å². The van der Waals surface area contributed by atoms with Crippen molar-refractivity contribution in [3.8, 4) is 0 Å². The number of thioether (sulfide) groups is 2. The monoisotopic (exact) mass is 385 g/mol. The van der Waals surface area contributed by atoms with Gasteiger partial charge in [0.15, 0.2) is 0 Å². The second-order valence-corrected chi connectivity index (χ2v) is 9.29. The molecule has 2 aromatic carbocycles. The van der Waals surface area contributed by atoms with E-state index in [1.54, 1.807) is 0 Å². The molecule has 1 saturated carbocycles. The number of benzene rings is 2. The summed E-state index contributed by atoms with van der Waals surface area (Å²) in [5, 5.41) is 3.86. The second kappa shape index (κ2) is 10.1. The van der Waals surface area contributed by atoms with E-state index in [1.165, 1.54) is 41.7 Å². The molecule has 0 bridgehead atoms. The molecule has 2 aromatic rings. The molecule has 1 amide bonds. The third kappa shape index (κ3) is 6.10. The van der Waals surface area contributed by atoms with Crippen molar-refractivity contribution in [1.82, 2.24) is 5.32 Å². The first-order valence-electron chi connectivity index (χ1n) is 9.39. The largest absolute Gasteiger partial charge is 0.351 e. The van der Waals surface area contributed by atoms with E-state index in [0.717, 1.165) is 28.9 Å². The Morgan fingerprint density at radius 3 is 2.42 bits per heavy atom. The van der Waals surface area contributed by atoms with Crippen LogP contribution in [-0.2, 0) is 5.75 Å². The first-order chi connectivity index (χ1) is 12.7. The quantitative estimate of drug-likeness (QED) is 0.467. The maximum Gasteiger partial charge on any atom is 0.251 e. The third-order valence-corrected chi connectivity index (χ3v) is 7.15. The van der Waals surface area contributed by atoms with E-state index in [4.69, 9.17) is 0 Å². The van der Waals surface area contributed by atoms with Crippen LogP contribution in [-0.4, -0.2) is 23.5 Å². The minimum absolute atomic E-state index is 0.0368. The molecule has 0 aliphatic heterocycles. The molecule has 0 unspecified atom stereocenters. The molecule has 0 spiro atoms. The van der Waals surface area contributed by atoms with E-state index >= 15 is 0 Å². The summed E-state index contributed by atoms with van der Waals surface area (Å²) < 4.78 is 0. The van der Waals surface area contributed by atoms with E-state index in [1.807, 2.05) is 35.7 Å². The Morgan fingerprint density at radius 2 is 1.73 bits per heavy atom. The Morgan fingerprint density at radius 1 is 1.04 bits per heavy atom. The second-order valence-electron chi connectivity index (χ2n) is 6.83. The molecule has 4 heteroatoms. The Balaban J connectivity index is 1.39. The summed E-state index contributed by atoms with van der Waals surface area (Å²) in [6.45, 7) is 2.86. The molecular weight excluding hydrogens is 358 g/mol. The van der Waals surface area contributed by atoms with Gasteiger partial charge in [0, 0.05) is 33.8 Å². The number of rotatable bonds is 8. The predicted octanol–water partition coefficient (Wildman–Crippen LogP) is 5.69. The van der Waals surface area contributed by atoms with Gasteiger partial charge in [-0.1, -0.05) is 42.7 Å². The van der Waals surface area contributed by atoms with Gasteiger partial charge in [-0.25, -0.2) is 0 Å². The smallest absolute Gasteiger partial charge is 0.251 e. The Hall–Kier alpha value is -1.39. The molecular formula is C22H27NOS2. The van der Waals surface area contributed by atoms with Crippen molar-refractivity contribution in [3.63, 3.8) is 0 Å². The lowest BCUT2D eigenvalue weighted by molar-refractivity contribution is 0.0956. The van der Waals surface area contributed by atoms with Crippen molar-refractivity contribution in [2.45, 2.75) is 48.5 Å². The highest BCUT2D eigenvalue weighted by Gasteiger charge is 2.14.